The highest BCUT2D eigenvalue weighted by Gasteiger charge is 2.03. The molecule has 0 aromatic heterocycles. The molecule has 1 amide bonds. The number of carbonyl (C=O) groups excluding carboxylic acids is 1. The van der Waals surface area contributed by atoms with Crippen LogP contribution in [0.2, 0.25) is 0 Å². The second-order valence-electron chi connectivity index (χ2n) is 3.91. The van der Waals surface area contributed by atoms with Crippen LogP contribution in [0.3, 0.4) is 0 Å². The maximum atomic E-state index is 11.4. The average molecular weight is 248 g/mol. The van der Waals surface area contributed by atoms with Gasteiger partial charge in [-0.1, -0.05) is 0 Å². The van der Waals surface area contributed by atoms with E-state index in [1.807, 2.05) is 6.07 Å². The number of benzene rings is 1. The first kappa shape index (κ1) is 14.0. The van der Waals surface area contributed by atoms with Gasteiger partial charge in [-0.05, 0) is 37.6 Å². The molecule has 1 atom stereocenters. The highest BCUT2D eigenvalue weighted by molar-refractivity contribution is 5.77. The van der Waals surface area contributed by atoms with Crippen molar-refractivity contribution in [1.82, 2.24) is 5.32 Å². The highest BCUT2D eigenvalue weighted by atomic mass is 16.5. The number of rotatable bonds is 6. The van der Waals surface area contributed by atoms with Crippen LogP contribution in [0.15, 0.2) is 24.3 Å². The Morgan fingerprint density at radius 1 is 1.50 bits per heavy atom. The van der Waals surface area contributed by atoms with Crippen LogP contribution in [0, 0.1) is 11.3 Å². The normalized spacial score (nSPS) is 11.4. The molecular weight excluding hydrogens is 232 g/mol. The van der Waals surface area contributed by atoms with Gasteiger partial charge in [0, 0.05) is 6.54 Å². The van der Waals surface area contributed by atoms with Crippen molar-refractivity contribution in [3.8, 4) is 11.8 Å². The molecule has 18 heavy (non-hydrogen) atoms. The van der Waals surface area contributed by atoms with Crippen LogP contribution in [-0.2, 0) is 4.79 Å². The maximum Gasteiger partial charge on any atom is 0.257 e. The Labute approximate surface area is 106 Å². The molecule has 0 saturated heterocycles. The van der Waals surface area contributed by atoms with E-state index in [1.165, 1.54) is 0 Å². The Morgan fingerprint density at radius 2 is 2.17 bits per heavy atom. The molecule has 0 aliphatic carbocycles. The lowest BCUT2D eigenvalue weighted by molar-refractivity contribution is -0.123. The summed E-state index contributed by atoms with van der Waals surface area (Å²) in [7, 11) is 0. The van der Waals surface area contributed by atoms with Gasteiger partial charge in [-0.25, -0.2) is 0 Å². The van der Waals surface area contributed by atoms with E-state index in [1.54, 1.807) is 31.2 Å². The number of hydrogen-bond donors (Lipinski definition) is 2. The smallest absolute Gasteiger partial charge is 0.257 e. The van der Waals surface area contributed by atoms with Crippen molar-refractivity contribution in [2.24, 2.45) is 0 Å². The number of nitrogens with zero attached hydrogens (tertiary/aromatic N) is 1. The molecule has 2 N–H and O–H groups in total. The van der Waals surface area contributed by atoms with Gasteiger partial charge in [0.15, 0.2) is 6.61 Å². The van der Waals surface area contributed by atoms with Gasteiger partial charge >= 0.3 is 0 Å². The van der Waals surface area contributed by atoms with Gasteiger partial charge in [0.25, 0.3) is 5.91 Å². The fourth-order valence-corrected chi connectivity index (χ4v) is 1.25. The zero-order valence-corrected chi connectivity index (χ0v) is 10.2. The van der Waals surface area contributed by atoms with Crippen molar-refractivity contribution in [2.45, 2.75) is 19.4 Å². The van der Waals surface area contributed by atoms with Gasteiger partial charge < -0.3 is 15.2 Å². The fourth-order valence-electron chi connectivity index (χ4n) is 1.25. The molecule has 0 heterocycles. The molecule has 5 heteroatoms. The van der Waals surface area contributed by atoms with Gasteiger partial charge in [0.05, 0.1) is 17.7 Å². The van der Waals surface area contributed by atoms with Gasteiger partial charge in [0.2, 0.25) is 0 Å². The average Bonchev–Trinajstić information content (AvgIpc) is 2.36. The Morgan fingerprint density at radius 3 is 2.72 bits per heavy atom. The summed E-state index contributed by atoms with van der Waals surface area (Å²) in [6.45, 7) is 2.01. The monoisotopic (exact) mass is 248 g/mol. The standard InChI is InChI=1S/C13H16N2O3/c1-10(16)6-7-15-13(17)9-18-12-4-2-11(8-14)3-5-12/h2-5,10,16H,6-7,9H2,1H3,(H,15,17). The first-order valence-corrected chi connectivity index (χ1v) is 5.69. The number of hydrogen-bond acceptors (Lipinski definition) is 4. The quantitative estimate of drug-likeness (QED) is 0.781. The molecule has 0 bridgehead atoms. The summed E-state index contributed by atoms with van der Waals surface area (Å²) < 4.78 is 5.24. The molecule has 1 unspecified atom stereocenters. The molecule has 96 valence electrons. The number of amides is 1. The van der Waals surface area contributed by atoms with Crippen LogP contribution in [0.1, 0.15) is 18.9 Å². The lowest BCUT2D eigenvalue weighted by atomic mass is 10.2. The number of ether oxygens (including phenoxy) is 1. The minimum Gasteiger partial charge on any atom is -0.484 e. The number of nitriles is 1. The van der Waals surface area contributed by atoms with Crippen LogP contribution in [-0.4, -0.2) is 30.3 Å². The molecule has 5 nitrogen and oxygen atoms in total. The van der Waals surface area contributed by atoms with Crippen molar-refractivity contribution >= 4 is 5.91 Å². The number of nitrogens with one attached hydrogen (secondary N) is 1. The number of carbonyl (C=O) groups is 1. The van der Waals surface area contributed by atoms with E-state index in [2.05, 4.69) is 5.32 Å². The highest BCUT2D eigenvalue weighted by Crippen LogP contribution is 2.11. The lowest BCUT2D eigenvalue weighted by Gasteiger charge is -2.08. The zero-order chi connectivity index (χ0) is 13.4. The first-order valence-electron chi connectivity index (χ1n) is 5.69. The number of aliphatic hydroxyl groups is 1. The lowest BCUT2D eigenvalue weighted by Crippen LogP contribution is -2.31. The minimum atomic E-state index is -0.426. The molecule has 0 spiro atoms. The van der Waals surface area contributed by atoms with Crippen LogP contribution >= 0.6 is 0 Å². The Bertz CT molecular complexity index is 421. The molecular formula is C13H16N2O3. The summed E-state index contributed by atoms with van der Waals surface area (Å²) in [5, 5.41) is 20.3. The van der Waals surface area contributed by atoms with Crippen molar-refractivity contribution in [3.05, 3.63) is 29.8 Å². The Hall–Kier alpha value is -2.06. The minimum absolute atomic E-state index is 0.0777. The van der Waals surface area contributed by atoms with E-state index in [0.717, 1.165) is 0 Å². The van der Waals surface area contributed by atoms with E-state index >= 15 is 0 Å². The van der Waals surface area contributed by atoms with Crippen LogP contribution in [0.5, 0.6) is 5.75 Å². The van der Waals surface area contributed by atoms with Crippen molar-refractivity contribution < 1.29 is 14.6 Å². The third-order valence-electron chi connectivity index (χ3n) is 2.24. The second-order valence-corrected chi connectivity index (χ2v) is 3.91. The number of aliphatic hydroxyl groups excluding tert-OH is 1. The maximum absolute atomic E-state index is 11.4. The van der Waals surface area contributed by atoms with Crippen LogP contribution < -0.4 is 10.1 Å². The van der Waals surface area contributed by atoms with E-state index in [4.69, 9.17) is 15.1 Å². The summed E-state index contributed by atoms with van der Waals surface area (Å²) in [5.74, 6) is 0.305. The third-order valence-corrected chi connectivity index (χ3v) is 2.24. The molecule has 0 saturated carbocycles. The van der Waals surface area contributed by atoms with E-state index < -0.39 is 6.10 Å². The van der Waals surface area contributed by atoms with E-state index in [0.29, 0.717) is 24.3 Å². The van der Waals surface area contributed by atoms with Crippen LogP contribution in [0.4, 0.5) is 0 Å². The first-order chi connectivity index (χ1) is 8.61. The fraction of sp³-hybridized carbons (Fsp3) is 0.385. The van der Waals surface area contributed by atoms with Gasteiger partial charge in [0.1, 0.15) is 5.75 Å². The largest absolute Gasteiger partial charge is 0.484 e. The zero-order valence-electron chi connectivity index (χ0n) is 10.2. The molecule has 1 rings (SSSR count). The molecule has 0 fully saturated rings. The summed E-state index contributed by atoms with van der Waals surface area (Å²) >= 11 is 0. The molecule has 1 aromatic rings. The topological polar surface area (TPSA) is 82.3 Å². The Balaban J connectivity index is 2.27. The molecule has 0 radical (unpaired) electrons. The predicted octanol–water partition coefficient (Wildman–Crippen LogP) is 0.824. The van der Waals surface area contributed by atoms with Crippen molar-refractivity contribution in [2.75, 3.05) is 13.2 Å². The SMILES string of the molecule is CC(O)CCNC(=O)COc1ccc(C#N)cc1. The van der Waals surface area contributed by atoms with E-state index in [-0.39, 0.29) is 12.5 Å². The second kappa shape index (κ2) is 7.30. The van der Waals surface area contributed by atoms with Gasteiger partial charge in [-0.2, -0.15) is 5.26 Å². The predicted molar refractivity (Wildman–Crippen MR) is 66.0 cm³/mol. The summed E-state index contributed by atoms with van der Waals surface area (Å²) in [6.07, 6.45) is 0.0903. The van der Waals surface area contributed by atoms with Crippen LogP contribution in [0.25, 0.3) is 0 Å². The van der Waals surface area contributed by atoms with Gasteiger partial charge in [-0.15, -0.1) is 0 Å². The van der Waals surface area contributed by atoms with Gasteiger partial charge in [-0.3, -0.25) is 4.79 Å². The van der Waals surface area contributed by atoms with E-state index in [9.17, 15) is 4.79 Å². The Kier molecular flexibility index (Phi) is 5.68. The van der Waals surface area contributed by atoms with Crippen molar-refractivity contribution in [1.29, 1.82) is 5.26 Å². The molecule has 0 aliphatic rings. The van der Waals surface area contributed by atoms with Crippen molar-refractivity contribution in [3.63, 3.8) is 0 Å². The molecule has 1 aromatic carbocycles. The molecule has 0 aliphatic heterocycles. The summed E-state index contributed by atoms with van der Waals surface area (Å²) in [4.78, 5) is 11.4. The third kappa shape index (κ3) is 5.32. The summed E-state index contributed by atoms with van der Waals surface area (Å²) in [5.41, 5.74) is 0.545. The summed E-state index contributed by atoms with van der Waals surface area (Å²) in [6, 6.07) is 8.53.